The van der Waals surface area contributed by atoms with Crippen LogP contribution in [0, 0.1) is 0 Å². The zero-order valence-electron chi connectivity index (χ0n) is 7.73. The van der Waals surface area contributed by atoms with E-state index in [1.807, 2.05) is 0 Å². The predicted octanol–water partition coefficient (Wildman–Crippen LogP) is 4.10. The third-order valence-electron chi connectivity index (χ3n) is 1.60. The summed E-state index contributed by atoms with van der Waals surface area (Å²) in [5, 5.41) is 0. The molecule has 14 heavy (non-hydrogen) atoms. The molecule has 0 bridgehead atoms. The molecule has 0 radical (unpaired) electrons. The van der Waals surface area contributed by atoms with Gasteiger partial charge in [-0.05, 0) is 25.7 Å². The number of rotatable bonds is 9. The molecule has 0 heterocycles. The van der Waals surface area contributed by atoms with Crippen LogP contribution in [-0.2, 0) is 9.47 Å². The van der Waals surface area contributed by atoms with Crippen molar-refractivity contribution in [2.24, 2.45) is 0 Å². The van der Waals surface area contributed by atoms with Crippen LogP contribution < -0.4 is 0 Å². The van der Waals surface area contributed by atoms with Crippen LogP contribution in [0.1, 0.15) is 25.7 Å². The fourth-order valence-electron chi connectivity index (χ4n) is 0.913. The lowest BCUT2D eigenvalue weighted by atomic mass is 10.2. The van der Waals surface area contributed by atoms with Gasteiger partial charge in [0.05, 0.1) is 0 Å². The average Bonchev–Trinajstić information content (AvgIpc) is 2.13. The summed E-state index contributed by atoms with van der Waals surface area (Å²) in [6.07, 6.45) is 3.39. The van der Waals surface area contributed by atoms with E-state index < -0.39 is 0 Å². The van der Waals surface area contributed by atoms with Crippen molar-refractivity contribution in [2.45, 2.75) is 36.8 Å². The molecule has 0 aliphatic heterocycles. The minimum absolute atomic E-state index is 0.127. The SMILES string of the molecule is ClCOC(Cl)CCCCC(Cl)OCCl. The lowest BCUT2D eigenvalue weighted by Gasteiger charge is -2.10. The topological polar surface area (TPSA) is 18.5 Å². The highest BCUT2D eigenvalue weighted by molar-refractivity contribution is 6.21. The van der Waals surface area contributed by atoms with Gasteiger partial charge < -0.3 is 9.47 Å². The molecule has 86 valence electrons. The number of halogens is 4. The number of unbranched alkanes of at least 4 members (excludes halogenated alkanes) is 1. The molecule has 0 fully saturated rings. The molecule has 0 aromatic rings. The van der Waals surface area contributed by atoms with Crippen LogP contribution in [0.3, 0.4) is 0 Å². The monoisotopic (exact) mass is 282 g/mol. The third kappa shape index (κ3) is 9.63. The Morgan fingerprint density at radius 1 is 0.786 bits per heavy atom. The second-order valence-electron chi connectivity index (χ2n) is 2.66. The Morgan fingerprint density at radius 3 is 1.43 bits per heavy atom. The van der Waals surface area contributed by atoms with E-state index in [9.17, 15) is 0 Å². The van der Waals surface area contributed by atoms with Crippen LogP contribution in [0.25, 0.3) is 0 Å². The van der Waals surface area contributed by atoms with Crippen LogP contribution in [0.5, 0.6) is 0 Å². The second kappa shape index (κ2) is 10.6. The normalized spacial score (nSPS) is 15.4. The molecule has 0 amide bonds. The van der Waals surface area contributed by atoms with Crippen LogP contribution in [0.2, 0.25) is 0 Å². The third-order valence-corrected chi connectivity index (χ3v) is 2.54. The van der Waals surface area contributed by atoms with E-state index in [1.165, 1.54) is 0 Å². The van der Waals surface area contributed by atoms with Gasteiger partial charge in [-0.25, -0.2) is 0 Å². The van der Waals surface area contributed by atoms with Gasteiger partial charge in [0.15, 0.2) is 0 Å². The first-order chi connectivity index (χ1) is 6.70. The number of alkyl halides is 4. The van der Waals surface area contributed by atoms with E-state index in [2.05, 4.69) is 0 Å². The van der Waals surface area contributed by atoms with Crippen molar-refractivity contribution < 1.29 is 9.47 Å². The first-order valence-electron chi connectivity index (χ1n) is 4.34. The van der Waals surface area contributed by atoms with Crippen LogP contribution in [0.4, 0.5) is 0 Å². The first-order valence-corrected chi connectivity index (χ1v) is 6.28. The molecule has 0 aromatic heterocycles. The van der Waals surface area contributed by atoms with E-state index in [0.29, 0.717) is 0 Å². The van der Waals surface area contributed by atoms with E-state index in [0.717, 1.165) is 25.7 Å². The van der Waals surface area contributed by atoms with E-state index in [1.54, 1.807) is 0 Å². The van der Waals surface area contributed by atoms with Crippen molar-refractivity contribution in [1.82, 2.24) is 0 Å². The molecule has 2 nitrogen and oxygen atoms in total. The van der Waals surface area contributed by atoms with Gasteiger partial charge in [0.1, 0.15) is 23.3 Å². The van der Waals surface area contributed by atoms with E-state index >= 15 is 0 Å². The van der Waals surface area contributed by atoms with E-state index in [4.69, 9.17) is 55.9 Å². The molecule has 0 aromatic carbocycles. The van der Waals surface area contributed by atoms with Crippen molar-refractivity contribution in [3.8, 4) is 0 Å². The predicted molar refractivity (Wildman–Crippen MR) is 61.4 cm³/mol. The Morgan fingerprint density at radius 2 is 1.14 bits per heavy atom. The molecular weight excluding hydrogens is 270 g/mol. The van der Waals surface area contributed by atoms with Crippen molar-refractivity contribution in [3.63, 3.8) is 0 Å². The molecule has 6 heteroatoms. The molecule has 2 unspecified atom stereocenters. The fourth-order valence-corrected chi connectivity index (χ4v) is 1.78. The molecule has 0 saturated carbocycles. The Labute approximate surface area is 105 Å². The highest BCUT2D eigenvalue weighted by atomic mass is 35.5. The molecule has 0 aliphatic rings. The van der Waals surface area contributed by atoms with Gasteiger partial charge in [0.2, 0.25) is 0 Å². The average molecular weight is 284 g/mol. The number of hydrogen-bond donors (Lipinski definition) is 0. The minimum Gasteiger partial charge on any atom is -0.347 e. The van der Waals surface area contributed by atoms with Crippen molar-refractivity contribution >= 4 is 46.4 Å². The maximum atomic E-state index is 5.77. The van der Waals surface area contributed by atoms with Crippen LogP contribution in [0.15, 0.2) is 0 Å². The lowest BCUT2D eigenvalue weighted by molar-refractivity contribution is 0.129. The van der Waals surface area contributed by atoms with Gasteiger partial charge >= 0.3 is 0 Å². The molecule has 0 rings (SSSR count). The van der Waals surface area contributed by atoms with Crippen molar-refractivity contribution in [1.29, 1.82) is 0 Å². The van der Waals surface area contributed by atoms with Crippen LogP contribution >= 0.6 is 46.4 Å². The molecule has 2 atom stereocenters. The maximum absolute atomic E-state index is 5.77. The molecule has 0 N–H and O–H groups in total. The highest BCUT2D eigenvalue weighted by Gasteiger charge is 2.06. The first kappa shape index (κ1) is 15.1. The summed E-state index contributed by atoms with van der Waals surface area (Å²) < 4.78 is 9.88. The van der Waals surface area contributed by atoms with Gasteiger partial charge in [0, 0.05) is 0 Å². The standard InChI is InChI=1S/C8H14Cl4O2/c9-5-13-7(11)3-1-2-4-8(12)14-6-10/h7-8H,1-6H2. The smallest absolute Gasteiger partial charge is 0.132 e. The lowest BCUT2D eigenvalue weighted by Crippen LogP contribution is -2.06. The summed E-state index contributed by atoms with van der Waals surface area (Å²) in [4.78, 5) is 0. The van der Waals surface area contributed by atoms with Crippen LogP contribution in [-0.4, -0.2) is 23.3 Å². The summed E-state index contributed by atoms with van der Waals surface area (Å²) in [5.41, 5.74) is -0.620. The summed E-state index contributed by atoms with van der Waals surface area (Å²) in [6, 6.07) is 0.253. The van der Waals surface area contributed by atoms with E-state index in [-0.39, 0.29) is 23.3 Å². The molecule has 0 aliphatic carbocycles. The minimum atomic E-state index is -0.310. The Kier molecular flexibility index (Phi) is 11.4. The highest BCUT2D eigenvalue weighted by Crippen LogP contribution is 2.14. The summed E-state index contributed by atoms with van der Waals surface area (Å²) in [5.74, 6) is 0. The second-order valence-corrected chi connectivity index (χ2v) is 4.07. The maximum Gasteiger partial charge on any atom is 0.132 e. The zero-order valence-corrected chi connectivity index (χ0v) is 10.7. The molecule has 0 spiro atoms. The Hall–Kier alpha value is 1.08. The van der Waals surface area contributed by atoms with Crippen molar-refractivity contribution in [2.75, 3.05) is 12.1 Å². The fraction of sp³-hybridized carbons (Fsp3) is 1.00. The quantitative estimate of drug-likeness (QED) is 0.468. The summed E-state index contributed by atoms with van der Waals surface area (Å²) in [6.45, 7) is 0. The molecule has 0 saturated heterocycles. The van der Waals surface area contributed by atoms with Gasteiger partial charge in [0.25, 0.3) is 0 Å². The zero-order chi connectivity index (χ0) is 10.8. The Bertz CT molecular complexity index is 112. The molecular formula is C8H14Cl4O2. The largest absolute Gasteiger partial charge is 0.347 e. The Balaban J connectivity index is 3.19. The van der Waals surface area contributed by atoms with Gasteiger partial charge in [-0.3, -0.25) is 0 Å². The number of hydrogen-bond acceptors (Lipinski definition) is 2. The summed E-state index contributed by atoms with van der Waals surface area (Å²) in [7, 11) is 0. The number of ether oxygens (including phenoxy) is 2. The van der Waals surface area contributed by atoms with Gasteiger partial charge in [-0.1, -0.05) is 46.4 Å². The van der Waals surface area contributed by atoms with Gasteiger partial charge in [-0.2, -0.15) is 0 Å². The van der Waals surface area contributed by atoms with Gasteiger partial charge in [-0.15, -0.1) is 0 Å². The summed E-state index contributed by atoms with van der Waals surface area (Å²) >= 11 is 22.2. The van der Waals surface area contributed by atoms with Crippen molar-refractivity contribution in [3.05, 3.63) is 0 Å².